The molecule has 0 atom stereocenters. The number of nitrogens with one attached hydrogen (secondary N) is 3. The topological polar surface area (TPSA) is 109 Å². The van der Waals surface area contributed by atoms with Crippen LogP contribution in [0.15, 0.2) is 89.5 Å². The number of hydrogen-bond donors (Lipinski definition) is 3. The van der Waals surface area contributed by atoms with Crippen LogP contribution in [-0.2, 0) is 11.2 Å². The molecule has 3 aromatic carbocycles. The summed E-state index contributed by atoms with van der Waals surface area (Å²) in [4.78, 5) is 28.6. The van der Waals surface area contributed by atoms with Crippen LogP contribution in [0.1, 0.15) is 12.3 Å². The van der Waals surface area contributed by atoms with Crippen molar-refractivity contribution in [3.8, 4) is 11.4 Å². The maximum absolute atomic E-state index is 12.2. The number of para-hydroxylation sites is 1. The molecule has 32 heavy (non-hydrogen) atoms. The third-order valence-corrected chi connectivity index (χ3v) is 4.52. The second-order valence-corrected chi connectivity index (χ2v) is 6.95. The molecule has 4 rings (SSSR count). The van der Waals surface area contributed by atoms with Crippen LogP contribution in [-0.4, -0.2) is 22.1 Å². The molecule has 0 aliphatic carbocycles. The van der Waals surface area contributed by atoms with Crippen LogP contribution in [0.25, 0.3) is 11.4 Å². The summed E-state index contributed by atoms with van der Waals surface area (Å²) in [6.45, 7) is 0. The van der Waals surface area contributed by atoms with E-state index in [1.165, 1.54) is 0 Å². The van der Waals surface area contributed by atoms with Crippen molar-refractivity contribution < 1.29 is 14.1 Å². The lowest BCUT2D eigenvalue weighted by Gasteiger charge is -2.09. The van der Waals surface area contributed by atoms with E-state index >= 15 is 0 Å². The van der Waals surface area contributed by atoms with Crippen molar-refractivity contribution in [2.24, 2.45) is 0 Å². The molecule has 0 bridgehead atoms. The first kappa shape index (κ1) is 20.8. The maximum Gasteiger partial charge on any atom is 0.323 e. The fourth-order valence-electron chi connectivity index (χ4n) is 2.96. The van der Waals surface area contributed by atoms with Crippen molar-refractivity contribution in [3.63, 3.8) is 0 Å². The van der Waals surface area contributed by atoms with Crippen LogP contribution in [0.5, 0.6) is 0 Å². The third-order valence-electron chi connectivity index (χ3n) is 4.52. The van der Waals surface area contributed by atoms with Gasteiger partial charge in [0.25, 0.3) is 0 Å². The second kappa shape index (κ2) is 10.0. The summed E-state index contributed by atoms with van der Waals surface area (Å²) in [6, 6.07) is 25.2. The molecule has 8 heteroatoms. The highest BCUT2D eigenvalue weighted by Crippen LogP contribution is 2.17. The smallest absolute Gasteiger partial charge is 0.323 e. The number of carbonyl (C=O) groups excluding carboxylic acids is 2. The zero-order chi connectivity index (χ0) is 22.2. The Morgan fingerprint density at radius 2 is 1.28 bits per heavy atom. The van der Waals surface area contributed by atoms with Gasteiger partial charge in [-0.1, -0.05) is 53.7 Å². The number of hydrogen-bond acceptors (Lipinski definition) is 5. The Bertz CT molecular complexity index is 1180. The highest BCUT2D eigenvalue weighted by molar-refractivity contribution is 6.00. The number of benzene rings is 3. The van der Waals surface area contributed by atoms with E-state index in [1.54, 1.807) is 36.4 Å². The predicted molar refractivity (Wildman–Crippen MR) is 122 cm³/mol. The number of urea groups is 1. The monoisotopic (exact) mass is 427 g/mol. The molecular formula is C24H21N5O3. The van der Waals surface area contributed by atoms with Crippen LogP contribution in [0, 0.1) is 0 Å². The van der Waals surface area contributed by atoms with Crippen LogP contribution in [0.4, 0.5) is 21.9 Å². The summed E-state index contributed by atoms with van der Waals surface area (Å²) in [5.74, 6) is 0.732. The van der Waals surface area contributed by atoms with E-state index in [2.05, 4.69) is 26.1 Å². The summed E-state index contributed by atoms with van der Waals surface area (Å²) in [7, 11) is 0. The molecule has 0 spiro atoms. The molecule has 0 aliphatic rings. The fourth-order valence-corrected chi connectivity index (χ4v) is 2.96. The Balaban J connectivity index is 1.24. The van der Waals surface area contributed by atoms with Gasteiger partial charge in [-0.15, -0.1) is 0 Å². The number of aryl methyl sites for hydroxylation is 1. The van der Waals surface area contributed by atoms with Gasteiger partial charge in [0.05, 0.1) is 0 Å². The minimum absolute atomic E-state index is 0.174. The Kier molecular flexibility index (Phi) is 6.52. The van der Waals surface area contributed by atoms with Gasteiger partial charge in [-0.05, 0) is 36.4 Å². The molecule has 0 unspecified atom stereocenters. The van der Waals surface area contributed by atoms with Crippen molar-refractivity contribution in [1.29, 1.82) is 0 Å². The average Bonchev–Trinajstić information content (AvgIpc) is 3.29. The first-order valence-corrected chi connectivity index (χ1v) is 10.1. The van der Waals surface area contributed by atoms with Crippen molar-refractivity contribution in [2.45, 2.75) is 12.8 Å². The number of anilines is 3. The van der Waals surface area contributed by atoms with E-state index in [-0.39, 0.29) is 18.4 Å². The molecule has 0 saturated carbocycles. The minimum Gasteiger partial charge on any atom is -0.339 e. The number of aromatic nitrogens is 2. The molecule has 0 aliphatic heterocycles. The summed E-state index contributed by atoms with van der Waals surface area (Å²) in [5, 5.41) is 12.2. The lowest BCUT2D eigenvalue weighted by atomic mass is 10.2. The lowest BCUT2D eigenvalue weighted by Crippen LogP contribution is -2.19. The summed E-state index contributed by atoms with van der Waals surface area (Å²) in [6.07, 6.45) is 0.543. The zero-order valence-corrected chi connectivity index (χ0v) is 17.1. The summed E-state index contributed by atoms with van der Waals surface area (Å²) < 4.78 is 5.23. The van der Waals surface area contributed by atoms with Gasteiger partial charge < -0.3 is 20.5 Å². The molecule has 0 radical (unpaired) electrons. The van der Waals surface area contributed by atoms with E-state index in [0.29, 0.717) is 35.2 Å². The van der Waals surface area contributed by atoms with Crippen molar-refractivity contribution in [3.05, 3.63) is 90.8 Å². The first-order valence-electron chi connectivity index (χ1n) is 10.1. The quantitative estimate of drug-likeness (QED) is 0.387. The average molecular weight is 427 g/mol. The maximum atomic E-state index is 12.2. The summed E-state index contributed by atoms with van der Waals surface area (Å²) >= 11 is 0. The van der Waals surface area contributed by atoms with E-state index in [9.17, 15) is 9.59 Å². The number of rotatable bonds is 7. The van der Waals surface area contributed by atoms with Gasteiger partial charge in [0, 0.05) is 35.5 Å². The molecule has 1 aromatic heterocycles. The number of carbonyl (C=O) groups is 2. The Morgan fingerprint density at radius 1 is 0.719 bits per heavy atom. The molecule has 1 heterocycles. The third kappa shape index (κ3) is 5.79. The first-order chi connectivity index (χ1) is 15.7. The predicted octanol–water partition coefficient (Wildman–Crippen LogP) is 4.95. The SMILES string of the molecule is O=C(CCc1nc(-c2ccccc2)no1)Nc1ccc(NC(=O)Nc2ccccc2)cc1. The Labute approximate surface area is 184 Å². The zero-order valence-electron chi connectivity index (χ0n) is 17.1. The number of nitrogens with zero attached hydrogens (tertiary/aromatic N) is 2. The molecule has 3 amide bonds. The molecule has 4 aromatic rings. The van der Waals surface area contributed by atoms with Gasteiger partial charge in [-0.2, -0.15) is 4.98 Å². The summed E-state index contributed by atoms with van der Waals surface area (Å²) in [5.41, 5.74) is 2.79. The molecule has 0 saturated heterocycles. The van der Waals surface area contributed by atoms with E-state index in [4.69, 9.17) is 4.52 Å². The highest BCUT2D eigenvalue weighted by atomic mass is 16.5. The number of amides is 3. The molecule has 8 nitrogen and oxygen atoms in total. The Morgan fingerprint density at radius 3 is 1.94 bits per heavy atom. The van der Waals surface area contributed by atoms with Gasteiger partial charge in [0.1, 0.15) is 0 Å². The van der Waals surface area contributed by atoms with Crippen LogP contribution in [0.3, 0.4) is 0 Å². The highest BCUT2D eigenvalue weighted by Gasteiger charge is 2.11. The van der Waals surface area contributed by atoms with E-state index in [0.717, 1.165) is 5.56 Å². The molecule has 0 fully saturated rings. The van der Waals surface area contributed by atoms with E-state index in [1.807, 2.05) is 48.5 Å². The minimum atomic E-state index is -0.345. The normalized spacial score (nSPS) is 10.4. The van der Waals surface area contributed by atoms with Gasteiger partial charge >= 0.3 is 6.03 Å². The van der Waals surface area contributed by atoms with Crippen molar-refractivity contribution in [2.75, 3.05) is 16.0 Å². The van der Waals surface area contributed by atoms with Gasteiger partial charge in [0.15, 0.2) is 0 Å². The lowest BCUT2D eigenvalue weighted by molar-refractivity contribution is -0.116. The fraction of sp³-hybridized carbons (Fsp3) is 0.0833. The van der Waals surface area contributed by atoms with E-state index < -0.39 is 0 Å². The van der Waals surface area contributed by atoms with Crippen LogP contribution in [0.2, 0.25) is 0 Å². The standard InChI is InChI=1S/C24H21N5O3/c30-21(15-16-22-28-23(29-32-22)17-7-3-1-4-8-17)25-19-11-13-20(14-12-19)27-24(31)26-18-9-5-2-6-10-18/h1-14H,15-16H2,(H,25,30)(H2,26,27,31). The van der Waals surface area contributed by atoms with Gasteiger partial charge in [0.2, 0.25) is 17.6 Å². The van der Waals surface area contributed by atoms with Crippen LogP contribution >= 0.6 is 0 Å². The molecule has 3 N–H and O–H groups in total. The second-order valence-electron chi connectivity index (χ2n) is 6.95. The van der Waals surface area contributed by atoms with Gasteiger partial charge in [-0.25, -0.2) is 4.79 Å². The van der Waals surface area contributed by atoms with Crippen molar-refractivity contribution in [1.82, 2.24) is 10.1 Å². The van der Waals surface area contributed by atoms with Crippen LogP contribution < -0.4 is 16.0 Å². The molecular weight excluding hydrogens is 406 g/mol. The largest absolute Gasteiger partial charge is 0.339 e. The molecule has 160 valence electrons. The van der Waals surface area contributed by atoms with Crippen molar-refractivity contribution >= 4 is 29.0 Å². The Hall–Kier alpha value is -4.46. The van der Waals surface area contributed by atoms with Gasteiger partial charge in [-0.3, -0.25) is 4.79 Å².